The lowest BCUT2D eigenvalue weighted by Crippen LogP contribution is -2.12. The summed E-state index contributed by atoms with van der Waals surface area (Å²) < 4.78 is 87.8. The zero-order chi connectivity index (χ0) is 23.4. The number of aromatic amines is 1. The third kappa shape index (κ3) is 3.63. The molecule has 4 rings (SSSR count). The van der Waals surface area contributed by atoms with Gasteiger partial charge in [0.25, 0.3) is 5.56 Å². The fourth-order valence-electron chi connectivity index (χ4n) is 3.45. The number of nitrogens with zero attached hydrogens (tertiary/aromatic N) is 2. The third-order valence-corrected chi connectivity index (χ3v) is 5.04. The van der Waals surface area contributed by atoms with E-state index in [0.717, 1.165) is 0 Å². The summed E-state index contributed by atoms with van der Waals surface area (Å²) in [7, 11) is 1.69. The van der Waals surface area contributed by atoms with Crippen LogP contribution in [0.3, 0.4) is 0 Å². The van der Waals surface area contributed by atoms with Gasteiger partial charge in [-0.1, -0.05) is 18.2 Å². The summed E-state index contributed by atoms with van der Waals surface area (Å²) in [5, 5.41) is 0. The second kappa shape index (κ2) is 7.21. The molecular formula is C21H15F6N3O2. The van der Waals surface area contributed by atoms with Gasteiger partial charge in [0.2, 0.25) is 5.75 Å². The zero-order valence-electron chi connectivity index (χ0n) is 16.6. The Morgan fingerprint density at radius 2 is 1.47 bits per heavy atom. The SMILES string of the molecule is Cc1c2[nH]c(=O)c(Oc3cc(C(F)(F)F)cc(C(F)(F)F)c3)c-2n(-c2ccccc2)n1C. The van der Waals surface area contributed by atoms with Crippen molar-refractivity contribution >= 4 is 0 Å². The van der Waals surface area contributed by atoms with E-state index in [-0.39, 0.29) is 11.8 Å². The van der Waals surface area contributed by atoms with E-state index in [1.807, 2.05) is 0 Å². The summed E-state index contributed by atoms with van der Waals surface area (Å²) in [6, 6.07) is 9.56. The number of nitrogens with one attached hydrogen (secondary N) is 1. The number of fused-ring (bicyclic) bond motifs is 1. The lowest BCUT2D eigenvalue weighted by molar-refractivity contribution is -0.143. The van der Waals surface area contributed by atoms with E-state index in [9.17, 15) is 31.1 Å². The van der Waals surface area contributed by atoms with Crippen molar-refractivity contribution in [3.63, 3.8) is 0 Å². The Balaban J connectivity index is 1.92. The van der Waals surface area contributed by atoms with E-state index < -0.39 is 40.5 Å². The normalized spacial score (nSPS) is 12.5. The van der Waals surface area contributed by atoms with Crippen molar-refractivity contribution in [1.29, 1.82) is 0 Å². The molecule has 0 atom stereocenters. The summed E-state index contributed by atoms with van der Waals surface area (Å²) in [5.41, 5.74) is -2.11. The first kappa shape index (κ1) is 21.6. The van der Waals surface area contributed by atoms with Crippen LogP contribution in [0.2, 0.25) is 0 Å². The van der Waals surface area contributed by atoms with Gasteiger partial charge in [0, 0.05) is 7.05 Å². The molecule has 2 aliphatic heterocycles. The van der Waals surface area contributed by atoms with Crippen LogP contribution in [0.4, 0.5) is 26.3 Å². The van der Waals surface area contributed by atoms with Gasteiger partial charge < -0.3 is 9.72 Å². The highest BCUT2D eigenvalue weighted by atomic mass is 19.4. The maximum atomic E-state index is 13.2. The van der Waals surface area contributed by atoms with Crippen LogP contribution in [0.1, 0.15) is 16.8 Å². The lowest BCUT2D eigenvalue weighted by Gasteiger charge is -2.15. The number of H-pyrrole nitrogens is 1. The summed E-state index contributed by atoms with van der Waals surface area (Å²) in [6.45, 7) is 1.70. The van der Waals surface area contributed by atoms with E-state index >= 15 is 0 Å². The van der Waals surface area contributed by atoms with Crippen molar-refractivity contribution in [2.45, 2.75) is 19.3 Å². The number of alkyl halides is 6. The van der Waals surface area contributed by atoms with Crippen LogP contribution in [0, 0.1) is 6.92 Å². The molecule has 0 bridgehead atoms. The van der Waals surface area contributed by atoms with Gasteiger partial charge >= 0.3 is 12.4 Å². The Morgan fingerprint density at radius 3 is 2.00 bits per heavy atom. The molecule has 5 nitrogen and oxygen atoms in total. The smallest absolute Gasteiger partial charge is 0.416 e. The molecular weight excluding hydrogens is 440 g/mol. The molecule has 0 unspecified atom stereocenters. The summed E-state index contributed by atoms with van der Waals surface area (Å²) in [5.74, 6) is -1.17. The average molecular weight is 455 g/mol. The quantitative estimate of drug-likeness (QED) is 0.400. The molecule has 0 fully saturated rings. The second-order valence-corrected chi connectivity index (χ2v) is 7.11. The van der Waals surface area contributed by atoms with E-state index in [2.05, 4.69) is 4.98 Å². The van der Waals surface area contributed by atoms with E-state index in [0.29, 0.717) is 29.2 Å². The predicted molar refractivity (Wildman–Crippen MR) is 103 cm³/mol. The van der Waals surface area contributed by atoms with Gasteiger partial charge in [0.15, 0.2) is 0 Å². The van der Waals surface area contributed by atoms with Crippen molar-refractivity contribution in [1.82, 2.24) is 14.3 Å². The summed E-state index contributed by atoms with van der Waals surface area (Å²) >= 11 is 0. The van der Waals surface area contributed by atoms with Crippen molar-refractivity contribution in [3.8, 4) is 28.6 Å². The molecule has 11 heteroatoms. The minimum Gasteiger partial charge on any atom is -0.449 e. The van der Waals surface area contributed by atoms with Crippen LogP contribution >= 0.6 is 0 Å². The van der Waals surface area contributed by atoms with Crippen LogP contribution < -0.4 is 10.3 Å². The molecule has 0 spiro atoms. The predicted octanol–water partition coefficient (Wildman–Crippen LogP) is 5.75. The molecule has 0 aliphatic carbocycles. The van der Waals surface area contributed by atoms with E-state index in [1.54, 1.807) is 53.7 Å². The molecule has 0 amide bonds. The van der Waals surface area contributed by atoms with Gasteiger partial charge in [-0.2, -0.15) is 26.3 Å². The molecule has 2 aromatic rings. The minimum absolute atomic E-state index is 0.00547. The van der Waals surface area contributed by atoms with E-state index in [4.69, 9.17) is 4.74 Å². The number of ether oxygens (including phenoxy) is 1. The maximum absolute atomic E-state index is 13.2. The fraction of sp³-hybridized carbons (Fsp3) is 0.190. The monoisotopic (exact) mass is 455 g/mol. The van der Waals surface area contributed by atoms with Crippen molar-refractivity contribution in [2.75, 3.05) is 0 Å². The average Bonchev–Trinajstić information content (AvgIpc) is 3.15. The number of hydrogen-bond donors (Lipinski definition) is 1. The molecule has 0 radical (unpaired) electrons. The largest absolute Gasteiger partial charge is 0.449 e. The van der Waals surface area contributed by atoms with Gasteiger partial charge in [-0.05, 0) is 37.3 Å². The van der Waals surface area contributed by atoms with Crippen molar-refractivity contribution in [2.24, 2.45) is 7.05 Å². The van der Waals surface area contributed by atoms with E-state index in [1.165, 1.54) is 0 Å². The molecule has 0 saturated heterocycles. The summed E-state index contributed by atoms with van der Waals surface area (Å²) in [4.78, 5) is 15.1. The van der Waals surface area contributed by atoms with Crippen LogP contribution in [-0.2, 0) is 19.4 Å². The standard InChI is InChI=1S/C21H15F6N3O2/c1-11-16-17(30(29(11)2)14-6-4-3-5-7-14)18(19(31)28-16)32-15-9-12(20(22,23)24)8-13(10-15)21(25,26)27/h3-10H,1-2H3,(H,28,31). The first-order valence-electron chi connectivity index (χ1n) is 9.21. The highest BCUT2D eigenvalue weighted by molar-refractivity contribution is 5.71. The highest BCUT2D eigenvalue weighted by Gasteiger charge is 2.38. The van der Waals surface area contributed by atoms with Gasteiger partial charge in [-0.3, -0.25) is 9.48 Å². The molecule has 0 aromatic heterocycles. The Labute approximate surface area is 176 Å². The molecule has 2 heterocycles. The molecule has 0 saturated carbocycles. The first-order valence-corrected chi connectivity index (χ1v) is 9.21. The van der Waals surface area contributed by atoms with Gasteiger partial charge in [-0.25, -0.2) is 4.68 Å². The minimum atomic E-state index is -5.04. The Bertz CT molecular complexity index is 1280. The van der Waals surface area contributed by atoms with Gasteiger partial charge in [-0.15, -0.1) is 0 Å². The molecule has 168 valence electrons. The Hall–Kier alpha value is -3.63. The number of hydrogen-bond acceptors (Lipinski definition) is 2. The first-order chi connectivity index (χ1) is 14.9. The van der Waals surface area contributed by atoms with Crippen molar-refractivity contribution in [3.05, 3.63) is 75.7 Å². The number of rotatable bonds is 3. The number of halogens is 6. The molecule has 1 N–H and O–H groups in total. The molecule has 2 aromatic carbocycles. The van der Waals surface area contributed by atoms with Crippen LogP contribution in [0.25, 0.3) is 17.1 Å². The maximum Gasteiger partial charge on any atom is 0.416 e. The number of benzene rings is 2. The summed E-state index contributed by atoms with van der Waals surface area (Å²) in [6.07, 6.45) is -10.1. The lowest BCUT2D eigenvalue weighted by atomic mass is 10.1. The number of para-hydroxylation sites is 1. The van der Waals surface area contributed by atoms with Crippen LogP contribution in [0.15, 0.2) is 53.3 Å². The third-order valence-electron chi connectivity index (χ3n) is 5.04. The highest BCUT2D eigenvalue weighted by Crippen LogP contribution is 2.41. The second-order valence-electron chi connectivity index (χ2n) is 7.11. The van der Waals surface area contributed by atoms with Gasteiger partial charge in [0.1, 0.15) is 11.4 Å². The van der Waals surface area contributed by atoms with Gasteiger partial charge in [0.05, 0.1) is 28.2 Å². The number of aromatic nitrogens is 3. The fourth-order valence-corrected chi connectivity index (χ4v) is 3.45. The molecule has 32 heavy (non-hydrogen) atoms. The van der Waals surface area contributed by atoms with Crippen LogP contribution in [-0.4, -0.2) is 14.3 Å². The zero-order valence-corrected chi connectivity index (χ0v) is 16.6. The molecule has 2 aliphatic rings. The van der Waals surface area contributed by atoms with Crippen LogP contribution in [0.5, 0.6) is 11.5 Å². The Morgan fingerprint density at radius 1 is 0.906 bits per heavy atom. The Kier molecular flexibility index (Phi) is 4.87. The van der Waals surface area contributed by atoms with Crippen molar-refractivity contribution < 1.29 is 31.1 Å². The topological polar surface area (TPSA) is 52.0 Å².